The van der Waals surface area contributed by atoms with E-state index in [1.165, 1.54) is 0 Å². The first-order chi connectivity index (χ1) is 16.1. The summed E-state index contributed by atoms with van der Waals surface area (Å²) in [6.45, 7) is -1.04. The third-order valence-electron chi connectivity index (χ3n) is 3.86. The summed E-state index contributed by atoms with van der Waals surface area (Å²) < 4.78 is 56.2. The minimum Gasteiger partial charge on any atom is -0.548 e. The molecular weight excluding hydrogens is 384 g/mol. The third-order valence-corrected chi connectivity index (χ3v) is 3.86. The van der Waals surface area contributed by atoms with Crippen LogP contribution in [0.4, 0.5) is 0 Å². The molecule has 0 aliphatic rings. The summed E-state index contributed by atoms with van der Waals surface area (Å²) in [5.74, 6) is -5.82. The number of carboxylic acid groups (broad SMARTS) is 3. The molecule has 3 atom stereocenters. The van der Waals surface area contributed by atoms with Gasteiger partial charge < -0.3 is 42.4 Å². The molecule has 1 aromatic heterocycles. The number of aryl methyl sites for hydroxylation is 2. The first-order valence-electron chi connectivity index (χ1n) is 11.8. The van der Waals surface area contributed by atoms with Gasteiger partial charge in [0, 0.05) is 38.2 Å². The summed E-state index contributed by atoms with van der Waals surface area (Å²) in [6.07, 6.45) is -9.49. The van der Waals surface area contributed by atoms with E-state index in [4.69, 9.17) is 37.0 Å². The fourth-order valence-electron chi connectivity index (χ4n) is 2.29. The lowest BCUT2D eigenvalue weighted by atomic mass is 9.96. The van der Waals surface area contributed by atoms with Crippen LogP contribution < -0.4 is 26.9 Å². The van der Waals surface area contributed by atoms with Crippen molar-refractivity contribution in [1.29, 1.82) is 0 Å². The zero-order valence-corrected chi connectivity index (χ0v) is 15.3. The van der Waals surface area contributed by atoms with E-state index in [0.717, 1.165) is 17.0 Å². The lowest BCUT2D eigenvalue weighted by Crippen LogP contribution is -2.42. The zero-order chi connectivity index (χ0) is 28.4. The molecule has 0 fully saturated rings. The summed E-state index contributed by atoms with van der Waals surface area (Å²) in [7, 11) is 0. The number of hydrogen-bond acceptors (Lipinski definition) is 8. The summed E-state index contributed by atoms with van der Waals surface area (Å²) in [4.78, 5) is 33.4. The maximum absolute atomic E-state index is 11.2. The van der Waals surface area contributed by atoms with Crippen molar-refractivity contribution >= 4 is 17.9 Å². The van der Waals surface area contributed by atoms with E-state index < -0.39 is 73.8 Å². The molecule has 9 N–H and O–H groups in total. The predicted molar refractivity (Wildman–Crippen MR) is 98.4 cm³/mol. The molecule has 162 valence electrons. The van der Waals surface area contributed by atoms with Gasteiger partial charge in [-0.2, -0.15) is 0 Å². The Morgan fingerprint density at radius 1 is 1.14 bits per heavy atom. The van der Waals surface area contributed by atoms with Gasteiger partial charge in [-0.3, -0.25) is 9.59 Å². The Bertz CT molecular complexity index is 1020. The van der Waals surface area contributed by atoms with Crippen LogP contribution in [-0.2, 0) is 33.8 Å². The predicted octanol–water partition coefficient (Wildman–Crippen LogP) is -2.77. The van der Waals surface area contributed by atoms with Crippen molar-refractivity contribution in [2.24, 2.45) is 17.2 Å². The minimum absolute atomic E-state index is 0.0123. The number of aromatic hydroxyl groups is 1. The first-order valence-corrected chi connectivity index (χ1v) is 8.31. The van der Waals surface area contributed by atoms with Crippen LogP contribution in [0.1, 0.15) is 46.3 Å². The Balaban J connectivity index is 3.51. The number of rotatable bonds is 13. The van der Waals surface area contributed by atoms with Crippen molar-refractivity contribution in [2.45, 2.75) is 63.0 Å². The van der Waals surface area contributed by atoms with E-state index in [9.17, 15) is 24.6 Å². The van der Waals surface area contributed by atoms with Crippen molar-refractivity contribution in [3.63, 3.8) is 0 Å². The monoisotopic (exact) mass is 419 g/mol. The van der Waals surface area contributed by atoms with E-state index >= 15 is 0 Å². The van der Waals surface area contributed by atoms with Crippen molar-refractivity contribution in [3.8, 4) is 5.75 Å². The van der Waals surface area contributed by atoms with Crippen molar-refractivity contribution in [3.05, 3.63) is 23.5 Å². The number of nitrogens with zero attached hydrogens (tertiary/aromatic N) is 1. The van der Waals surface area contributed by atoms with Gasteiger partial charge in [0.05, 0.1) is 7.34 Å². The van der Waals surface area contributed by atoms with Crippen LogP contribution in [0.3, 0.4) is 0 Å². The van der Waals surface area contributed by atoms with E-state index in [1.54, 1.807) is 0 Å². The fourth-order valence-corrected chi connectivity index (χ4v) is 2.29. The molecule has 11 heteroatoms. The molecule has 0 aromatic carbocycles. The Morgan fingerprint density at radius 2 is 1.76 bits per heavy atom. The minimum atomic E-state index is -3.81. The molecule has 0 spiro atoms. The topological polar surface area (TPSA) is 217 Å². The molecule has 0 amide bonds. The van der Waals surface area contributed by atoms with Crippen LogP contribution in [0.2, 0.25) is 0 Å². The molecule has 1 unspecified atom stereocenters. The third kappa shape index (κ3) is 8.02. The van der Waals surface area contributed by atoms with Crippen LogP contribution in [0.5, 0.6) is 5.75 Å². The standard InChI is InChI=1S/C18H28N4O7/c19-12(16(24)25)3-1-2-6-22-8-10(4-5-13(20)17(26)27)11(15(23)9-22)7-14(21)18(28)29/h8-9,12-14H,1-7,19-21H2,(H3-,23,24,25,26,27,28,29)/t12?,13-,14-/m0/s1/i1D2,2D2,3D2,12D. The summed E-state index contributed by atoms with van der Waals surface area (Å²) >= 11 is 0. The number of carboxylic acids is 3. The summed E-state index contributed by atoms with van der Waals surface area (Å²) in [5, 5.41) is 39.7. The number of pyridine rings is 1. The van der Waals surface area contributed by atoms with Gasteiger partial charge in [0.2, 0.25) is 6.20 Å². The molecule has 0 bridgehead atoms. The number of aliphatic carboxylic acids is 3. The quantitative estimate of drug-likeness (QED) is 0.181. The van der Waals surface area contributed by atoms with Gasteiger partial charge in [0.15, 0.2) is 11.9 Å². The SMILES string of the molecule is [2H]C([2H])(C[n+]1cc(O)c(C[C@H](N)C(=O)O)c(CC[C@H](N)C(=O)O)c1)C([2H])([2H])C([2H])([2H])C([2H])(N)C(=O)[O-]. The number of aromatic nitrogens is 1. The lowest BCUT2D eigenvalue weighted by Gasteiger charge is -2.14. The smallest absolute Gasteiger partial charge is 0.320 e. The van der Waals surface area contributed by atoms with Crippen LogP contribution in [0.25, 0.3) is 0 Å². The van der Waals surface area contributed by atoms with Crippen molar-refractivity contribution in [2.75, 3.05) is 0 Å². The molecule has 1 heterocycles. The highest BCUT2D eigenvalue weighted by Gasteiger charge is 2.22. The maximum Gasteiger partial charge on any atom is 0.320 e. The number of hydrogen-bond donors (Lipinski definition) is 6. The normalized spacial score (nSPS) is 20.3. The van der Waals surface area contributed by atoms with E-state index in [-0.39, 0.29) is 24.0 Å². The zero-order valence-electron chi connectivity index (χ0n) is 22.3. The summed E-state index contributed by atoms with van der Waals surface area (Å²) in [5.41, 5.74) is 16.2. The average molecular weight is 419 g/mol. The second kappa shape index (κ2) is 11.3. The highest BCUT2D eigenvalue weighted by Crippen LogP contribution is 2.22. The van der Waals surface area contributed by atoms with Gasteiger partial charge in [0.1, 0.15) is 18.6 Å². The Morgan fingerprint density at radius 3 is 2.31 bits per heavy atom. The molecule has 0 aliphatic carbocycles. The molecular formula is C18H28N4O7. The Labute approximate surface area is 177 Å². The van der Waals surface area contributed by atoms with Gasteiger partial charge in [0.25, 0.3) is 0 Å². The van der Waals surface area contributed by atoms with E-state index in [0.29, 0.717) is 0 Å². The molecule has 0 saturated carbocycles. The van der Waals surface area contributed by atoms with Gasteiger partial charge >= 0.3 is 11.9 Å². The molecule has 1 aromatic rings. The molecule has 1 rings (SSSR count). The van der Waals surface area contributed by atoms with Gasteiger partial charge in [-0.25, -0.2) is 4.57 Å². The molecule has 0 aliphatic heterocycles. The molecule has 0 saturated heterocycles. The van der Waals surface area contributed by atoms with Gasteiger partial charge in [-0.05, 0) is 25.6 Å². The summed E-state index contributed by atoms with van der Waals surface area (Å²) in [6, 6.07) is -6.48. The number of carbonyl (C=O) groups excluding carboxylic acids is 1. The Hall–Kier alpha value is -2.76. The largest absolute Gasteiger partial charge is 0.548 e. The van der Waals surface area contributed by atoms with Crippen LogP contribution in [-0.4, -0.2) is 51.3 Å². The fraction of sp³-hybridized carbons (Fsp3) is 0.556. The highest BCUT2D eigenvalue weighted by molar-refractivity contribution is 5.74. The molecule has 29 heavy (non-hydrogen) atoms. The lowest BCUT2D eigenvalue weighted by molar-refractivity contribution is -0.698. The number of nitrogens with two attached hydrogens (primary N) is 3. The van der Waals surface area contributed by atoms with Gasteiger partial charge in [-0.15, -0.1) is 0 Å². The molecule has 11 nitrogen and oxygen atoms in total. The number of carbonyl (C=O) groups is 3. The van der Waals surface area contributed by atoms with E-state index in [2.05, 4.69) is 0 Å². The van der Waals surface area contributed by atoms with Crippen LogP contribution in [0, 0.1) is 0 Å². The second-order valence-electron chi connectivity index (χ2n) is 6.08. The van der Waals surface area contributed by atoms with Crippen molar-refractivity contribution < 1.29 is 49.0 Å². The maximum atomic E-state index is 11.2. The Kier molecular flexibility index (Phi) is 5.89. The average Bonchev–Trinajstić information content (AvgIpc) is 2.72. The van der Waals surface area contributed by atoms with Crippen LogP contribution >= 0.6 is 0 Å². The van der Waals surface area contributed by atoms with Crippen LogP contribution in [0.15, 0.2) is 12.4 Å². The van der Waals surface area contributed by atoms with Crippen molar-refractivity contribution in [1.82, 2.24) is 0 Å². The first kappa shape index (κ1) is 15.1. The van der Waals surface area contributed by atoms with E-state index in [1.807, 2.05) is 0 Å². The second-order valence-corrected chi connectivity index (χ2v) is 6.08. The molecule has 0 radical (unpaired) electrons. The highest BCUT2D eigenvalue weighted by atomic mass is 16.4. The van der Waals surface area contributed by atoms with Gasteiger partial charge in [-0.1, -0.05) is 0 Å².